The summed E-state index contributed by atoms with van der Waals surface area (Å²) in [6, 6.07) is 1.45. The minimum Gasteiger partial charge on any atom is -0.313 e. The SMILES string of the molecule is CCNC1CCC(C)(C)CC1N(C)CC1CCCCC1. The van der Waals surface area contributed by atoms with Crippen molar-refractivity contribution in [1.29, 1.82) is 0 Å². The predicted molar refractivity (Wildman–Crippen MR) is 88.1 cm³/mol. The Bertz CT molecular complexity index is 281. The molecule has 2 fully saturated rings. The molecular weight excluding hydrogens is 244 g/mol. The van der Waals surface area contributed by atoms with Gasteiger partial charge in [0.15, 0.2) is 0 Å². The second kappa shape index (κ2) is 7.26. The summed E-state index contributed by atoms with van der Waals surface area (Å²) in [6.07, 6.45) is 11.4. The smallest absolute Gasteiger partial charge is 0.0251 e. The fourth-order valence-electron chi connectivity index (χ4n) is 4.42. The minimum absolute atomic E-state index is 0.525. The minimum atomic E-state index is 0.525. The van der Waals surface area contributed by atoms with Gasteiger partial charge in [-0.3, -0.25) is 0 Å². The molecule has 0 bridgehead atoms. The summed E-state index contributed by atoms with van der Waals surface area (Å²) in [6.45, 7) is 9.59. The van der Waals surface area contributed by atoms with Crippen LogP contribution in [-0.4, -0.2) is 37.1 Å². The maximum Gasteiger partial charge on any atom is 0.0251 e. The van der Waals surface area contributed by atoms with Crippen LogP contribution in [0.1, 0.15) is 72.1 Å². The molecule has 118 valence electrons. The van der Waals surface area contributed by atoms with Crippen LogP contribution in [0, 0.1) is 11.3 Å². The Morgan fingerprint density at radius 2 is 1.80 bits per heavy atom. The normalized spacial score (nSPS) is 31.6. The van der Waals surface area contributed by atoms with Crippen molar-refractivity contribution in [3.05, 3.63) is 0 Å². The van der Waals surface area contributed by atoms with Gasteiger partial charge in [0.05, 0.1) is 0 Å². The van der Waals surface area contributed by atoms with Crippen molar-refractivity contribution < 1.29 is 0 Å². The maximum absolute atomic E-state index is 3.75. The zero-order valence-electron chi connectivity index (χ0n) is 14.3. The number of hydrogen-bond donors (Lipinski definition) is 1. The molecular formula is C18H36N2. The van der Waals surface area contributed by atoms with Crippen molar-refractivity contribution in [1.82, 2.24) is 10.2 Å². The summed E-state index contributed by atoms with van der Waals surface area (Å²) in [4.78, 5) is 2.70. The summed E-state index contributed by atoms with van der Waals surface area (Å²) in [7, 11) is 2.38. The monoisotopic (exact) mass is 280 g/mol. The van der Waals surface area contributed by atoms with Gasteiger partial charge >= 0.3 is 0 Å². The van der Waals surface area contributed by atoms with E-state index in [0.717, 1.165) is 18.5 Å². The Kier molecular flexibility index (Phi) is 5.92. The van der Waals surface area contributed by atoms with E-state index in [4.69, 9.17) is 0 Å². The van der Waals surface area contributed by atoms with Gasteiger partial charge in [-0.25, -0.2) is 0 Å². The third kappa shape index (κ3) is 4.46. The molecule has 2 nitrogen and oxygen atoms in total. The maximum atomic E-state index is 3.75. The van der Waals surface area contributed by atoms with E-state index in [1.54, 1.807) is 0 Å². The lowest BCUT2D eigenvalue weighted by Crippen LogP contribution is -2.54. The van der Waals surface area contributed by atoms with E-state index in [1.807, 2.05) is 0 Å². The van der Waals surface area contributed by atoms with Crippen molar-refractivity contribution in [3.63, 3.8) is 0 Å². The molecule has 2 unspecified atom stereocenters. The van der Waals surface area contributed by atoms with Gasteiger partial charge in [-0.15, -0.1) is 0 Å². The van der Waals surface area contributed by atoms with Crippen LogP contribution in [-0.2, 0) is 0 Å². The highest BCUT2D eigenvalue weighted by molar-refractivity contribution is 4.94. The van der Waals surface area contributed by atoms with Gasteiger partial charge in [0.1, 0.15) is 0 Å². The number of nitrogens with one attached hydrogen (secondary N) is 1. The van der Waals surface area contributed by atoms with Crippen molar-refractivity contribution >= 4 is 0 Å². The molecule has 0 aromatic heterocycles. The van der Waals surface area contributed by atoms with Crippen molar-refractivity contribution in [2.45, 2.75) is 84.2 Å². The van der Waals surface area contributed by atoms with E-state index in [0.29, 0.717) is 11.5 Å². The van der Waals surface area contributed by atoms with Crippen LogP contribution in [0.25, 0.3) is 0 Å². The van der Waals surface area contributed by atoms with Crippen molar-refractivity contribution in [2.24, 2.45) is 11.3 Å². The second-order valence-electron chi connectivity index (χ2n) is 8.08. The molecule has 2 aliphatic rings. The Balaban J connectivity index is 1.93. The first-order chi connectivity index (χ1) is 9.52. The van der Waals surface area contributed by atoms with Gasteiger partial charge in [-0.05, 0) is 57.0 Å². The summed E-state index contributed by atoms with van der Waals surface area (Å²) in [5, 5.41) is 3.75. The van der Waals surface area contributed by atoms with Crippen molar-refractivity contribution in [2.75, 3.05) is 20.1 Å². The van der Waals surface area contributed by atoms with Crippen molar-refractivity contribution in [3.8, 4) is 0 Å². The highest BCUT2D eigenvalue weighted by atomic mass is 15.2. The second-order valence-corrected chi connectivity index (χ2v) is 8.08. The third-order valence-electron chi connectivity index (χ3n) is 5.66. The molecule has 2 aliphatic carbocycles. The molecule has 20 heavy (non-hydrogen) atoms. The fraction of sp³-hybridized carbons (Fsp3) is 1.00. The molecule has 0 radical (unpaired) electrons. The van der Waals surface area contributed by atoms with Crippen LogP contribution >= 0.6 is 0 Å². The van der Waals surface area contributed by atoms with Gasteiger partial charge in [0, 0.05) is 18.6 Å². The van der Waals surface area contributed by atoms with Gasteiger partial charge in [0.25, 0.3) is 0 Å². The molecule has 0 saturated heterocycles. The summed E-state index contributed by atoms with van der Waals surface area (Å²) >= 11 is 0. The van der Waals surface area contributed by atoms with Gasteiger partial charge < -0.3 is 10.2 Å². The lowest BCUT2D eigenvalue weighted by atomic mass is 9.72. The van der Waals surface area contributed by atoms with E-state index in [-0.39, 0.29) is 0 Å². The van der Waals surface area contributed by atoms with Gasteiger partial charge in [-0.2, -0.15) is 0 Å². The Morgan fingerprint density at radius 3 is 2.45 bits per heavy atom. The molecule has 2 atom stereocenters. The quantitative estimate of drug-likeness (QED) is 0.817. The van der Waals surface area contributed by atoms with Crippen LogP contribution in [0.15, 0.2) is 0 Å². The largest absolute Gasteiger partial charge is 0.313 e. The first-order valence-corrected chi connectivity index (χ1v) is 8.95. The number of likely N-dealkylation sites (N-methyl/N-ethyl adjacent to an activating group) is 2. The summed E-state index contributed by atoms with van der Waals surface area (Å²) in [5.74, 6) is 0.959. The van der Waals surface area contributed by atoms with Crippen LogP contribution in [0.2, 0.25) is 0 Å². The molecule has 1 N–H and O–H groups in total. The Hall–Kier alpha value is -0.0800. The van der Waals surface area contributed by atoms with E-state index in [1.165, 1.54) is 57.9 Å². The number of hydrogen-bond acceptors (Lipinski definition) is 2. The average molecular weight is 280 g/mol. The zero-order chi connectivity index (χ0) is 14.6. The van der Waals surface area contributed by atoms with Crippen LogP contribution in [0.3, 0.4) is 0 Å². The standard InChI is InChI=1S/C18H36N2/c1-5-19-16-11-12-18(2,3)13-17(16)20(4)14-15-9-7-6-8-10-15/h15-17,19H,5-14H2,1-4H3. The average Bonchev–Trinajstić information content (AvgIpc) is 2.42. The molecule has 0 aliphatic heterocycles. The molecule has 2 saturated carbocycles. The molecule has 0 aromatic rings. The molecule has 0 heterocycles. The first-order valence-electron chi connectivity index (χ1n) is 8.95. The summed E-state index contributed by atoms with van der Waals surface area (Å²) < 4.78 is 0. The predicted octanol–water partition coefficient (Wildman–Crippen LogP) is 4.06. The Labute approximate surface area is 126 Å². The lowest BCUT2D eigenvalue weighted by molar-refractivity contribution is 0.0678. The summed E-state index contributed by atoms with van der Waals surface area (Å²) in [5.41, 5.74) is 0.525. The lowest BCUT2D eigenvalue weighted by Gasteiger charge is -2.46. The molecule has 0 aromatic carbocycles. The highest BCUT2D eigenvalue weighted by Crippen LogP contribution is 2.38. The molecule has 0 spiro atoms. The van der Waals surface area contributed by atoms with E-state index in [9.17, 15) is 0 Å². The topological polar surface area (TPSA) is 15.3 Å². The third-order valence-corrected chi connectivity index (χ3v) is 5.66. The molecule has 2 heteroatoms. The van der Waals surface area contributed by atoms with Gasteiger partial charge in [-0.1, -0.05) is 40.0 Å². The molecule has 2 rings (SSSR count). The number of nitrogens with zero attached hydrogens (tertiary/aromatic N) is 1. The van der Waals surface area contributed by atoms with E-state index >= 15 is 0 Å². The van der Waals surface area contributed by atoms with E-state index < -0.39 is 0 Å². The fourth-order valence-corrected chi connectivity index (χ4v) is 4.42. The van der Waals surface area contributed by atoms with E-state index in [2.05, 4.69) is 38.0 Å². The van der Waals surface area contributed by atoms with Crippen LogP contribution < -0.4 is 5.32 Å². The van der Waals surface area contributed by atoms with Gasteiger partial charge in [0.2, 0.25) is 0 Å². The highest BCUT2D eigenvalue weighted by Gasteiger charge is 2.36. The van der Waals surface area contributed by atoms with Crippen LogP contribution in [0.5, 0.6) is 0 Å². The molecule has 0 amide bonds. The first kappa shape index (κ1) is 16.3. The van der Waals surface area contributed by atoms with Crippen LogP contribution in [0.4, 0.5) is 0 Å². The zero-order valence-corrected chi connectivity index (χ0v) is 14.3. The Morgan fingerprint density at radius 1 is 1.10 bits per heavy atom. The number of rotatable bonds is 5.